The van der Waals surface area contributed by atoms with Gasteiger partial charge in [-0.3, -0.25) is 0 Å². The Morgan fingerprint density at radius 2 is 1.78 bits per heavy atom. The predicted molar refractivity (Wildman–Crippen MR) is 110 cm³/mol. The first-order chi connectivity index (χ1) is 12.9. The van der Waals surface area contributed by atoms with Gasteiger partial charge in [0.25, 0.3) is 0 Å². The lowest BCUT2D eigenvalue weighted by molar-refractivity contribution is 0.589. The van der Waals surface area contributed by atoms with Gasteiger partial charge in [-0.1, -0.05) is 29.3 Å². The Hall–Kier alpha value is -1.73. The van der Waals surface area contributed by atoms with Gasteiger partial charge in [0, 0.05) is 56.0 Å². The second-order valence-electron chi connectivity index (χ2n) is 6.60. The normalized spacial score (nSPS) is 15.4. The number of aryl methyl sites for hydroxylation is 1. The van der Waals surface area contributed by atoms with Crippen LogP contribution in [0.2, 0.25) is 10.0 Å². The third kappa shape index (κ3) is 3.21. The summed E-state index contributed by atoms with van der Waals surface area (Å²) in [6.07, 6.45) is 1.64. The fourth-order valence-corrected chi connectivity index (χ4v) is 5.74. The van der Waals surface area contributed by atoms with Gasteiger partial charge in [-0.05, 0) is 30.3 Å². The molecule has 27 heavy (non-hydrogen) atoms. The fraction of sp³-hybridized carbons (Fsp3) is 0.263. The molecule has 8 heteroatoms. The molecule has 0 amide bonds. The number of aromatic nitrogens is 1. The Bertz CT molecular complexity index is 1120. The first-order valence-electron chi connectivity index (χ1n) is 8.63. The van der Waals surface area contributed by atoms with E-state index in [0.717, 1.165) is 37.4 Å². The van der Waals surface area contributed by atoms with Crippen LogP contribution in [0.5, 0.6) is 0 Å². The molecule has 0 aliphatic carbocycles. The molecule has 5 nitrogen and oxygen atoms in total. The van der Waals surface area contributed by atoms with Crippen molar-refractivity contribution in [3.8, 4) is 0 Å². The third-order valence-corrected chi connectivity index (χ3v) is 7.67. The van der Waals surface area contributed by atoms with Crippen molar-refractivity contribution in [2.24, 2.45) is 7.05 Å². The Kier molecular flexibility index (Phi) is 4.84. The molecule has 1 aliphatic rings. The zero-order valence-electron chi connectivity index (χ0n) is 14.7. The van der Waals surface area contributed by atoms with E-state index in [0.29, 0.717) is 5.39 Å². The standard InChI is InChI=1S/C19H19Cl2N3O2S/c1-23-12-18(27(25,26)17-4-2-3-15(20)19(17)21)14-11-13(5-6-16(14)23)24-9-7-22-8-10-24/h2-6,11-12,22H,7-10H2,1H3. The van der Waals surface area contributed by atoms with Gasteiger partial charge in [-0.2, -0.15) is 0 Å². The van der Waals surface area contributed by atoms with Gasteiger partial charge in [-0.15, -0.1) is 0 Å². The average molecular weight is 424 g/mol. The largest absolute Gasteiger partial charge is 0.369 e. The maximum Gasteiger partial charge on any atom is 0.210 e. The maximum absolute atomic E-state index is 13.3. The Labute approximate surface area is 168 Å². The van der Waals surface area contributed by atoms with Crippen molar-refractivity contribution >= 4 is 49.6 Å². The van der Waals surface area contributed by atoms with Crippen LogP contribution in [-0.2, 0) is 16.9 Å². The van der Waals surface area contributed by atoms with E-state index < -0.39 is 9.84 Å². The van der Waals surface area contributed by atoms with Crippen LogP contribution >= 0.6 is 23.2 Å². The first-order valence-corrected chi connectivity index (χ1v) is 10.9. The zero-order chi connectivity index (χ0) is 19.2. The number of hydrogen-bond acceptors (Lipinski definition) is 4. The molecule has 2 aromatic carbocycles. The third-order valence-electron chi connectivity index (χ3n) is 4.91. The molecule has 4 rings (SSSR count). The smallest absolute Gasteiger partial charge is 0.210 e. The highest BCUT2D eigenvalue weighted by Gasteiger charge is 2.26. The molecule has 1 aliphatic heterocycles. The van der Waals surface area contributed by atoms with Gasteiger partial charge >= 0.3 is 0 Å². The van der Waals surface area contributed by atoms with Crippen LogP contribution in [0.3, 0.4) is 0 Å². The molecule has 1 aromatic heterocycles. The van der Waals surface area contributed by atoms with Crippen LogP contribution in [0.25, 0.3) is 10.9 Å². The molecule has 0 saturated carbocycles. The molecule has 1 saturated heterocycles. The summed E-state index contributed by atoms with van der Waals surface area (Å²) in [6, 6.07) is 10.6. The molecule has 0 radical (unpaired) electrons. The summed E-state index contributed by atoms with van der Waals surface area (Å²) in [6.45, 7) is 3.60. The van der Waals surface area contributed by atoms with E-state index in [4.69, 9.17) is 23.2 Å². The number of nitrogens with one attached hydrogen (secondary N) is 1. The van der Waals surface area contributed by atoms with Gasteiger partial charge in [0.15, 0.2) is 0 Å². The molecule has 2 heterocycles. The molecular formula is C19H19Cl2N3O2S. The van der Waals surface area contributed by atoms with Crippen LogP contribution in [0.15, 0.2) is 52.4 Å². The summed E-state index contributed by atoms with van der Waals surface area (Å²) in [5, 5.41) is 4.28. The van der Waals surface area contributed by atoms with Crippen LogP contribution in [0.4, 0.5) is 5.69 Å². The van der Waals surface area contributed by atoms with E-state index in [2.05, 4.69) is 10.2 Å². The van der Waals surface area contributed by atoms with Crippen molar-refractivity contribution in [3.05, 3.63) is 52.6 Å². The van der Waals surface area contributed by atoms with Crippen molar-refractivity contribution in [3.63, 3.8) is 0 Å². The van der Waals surface area contributed by atoms with Crippen LogP contribution in [-0.4, -0.2) is 39.2 Å². The topological polar surface area (TPSA) is 54.3 Å². The summed E-state index contributed by atoms with van der Waals surface area (Å²) in [7, 11) is -1.97. The van der Waals surface area contributed by atoms with E-state index in [1.165, 1.54) is 6.07 Å². The molecule has 3 aromatic rings. The summed E-state index contributed by atoms with van der Waals surface area (Å²) in [5.41, 5.74) is 1.87. The monoisotopic (exact) mass is 423 g/mol. The summed E-state index contributed by atoms with van der Waals surface area (Å²) in [4.78, 5) is 2.52. The van der Waals surface area contributed by atoms with Gasteiger partial charge in [0.05, 0.1) is 19.8 Å². The first kappa shape index (κ1) is 18.6. The molecule has 0 unspecified atom stereocenters. The SMILES string of the molecule is Cn1cc(S(=O)(=O)c2cccc(Cl)c2Cl)c2cc(N3CCNCC3)ccc21. The van der Waals surface area contributed by atoms with Crippen LogP contribution in [0, 0.1) is 0 Å². The Morgan fingerprint density at radius 1 is 1.04 bits per heavy atom. The minimum Gasteiger partial charge on any atom is -0.369 e. The zero-order valence-corrected chi connectivity index (χ0v) is 17.1. The van der Waals surface area contributed by atoms with E-state index in [1.807, 2.05) is 29.8 Å². The van der Waals surface area contributed by atoms with E-state index in [1.54, 1.807) is 18.3 Å². The number of nitrogens with zero attached hydrogens (tertiary/aromatic N) is 2. The molecule has 1 fully saturated rings. The lowest BCUT2D eigenvalue weighted by atomic mass is 10.2. The van der Waals surface area contributed by atoms with Gasteiger partial charge in [-0.25, -0.2) is 8.42 Å². The molecule has 0 atom stereocenters. The summed E-state index contributed by atoms with van der Waals surface area (Å²) >= 11 is 12.2. The highest BCUT2D eigenvalue weighted by molar-refractivity contribution is 7.91. The Morgan fingerprint density at radius 3 is 2.52 bits per heavy atom. The summed E-state index contributed by atoms with van der Waals surface area (Å²) < 4.78 is 28.5. The highest BCUT2D eigenvalue weighted by Crippen LogP contribution is 2.37. The van der Waals surface area contributed by atoms with Gasteiger partial charge in [0.1, 0.15) is 0 Å². The van der Waals surface area contributed by atoms with E-state index in [9.17, 15) is 8.42 Å². The number of fused-ring (bicyclic) bond motifs is 1. The fourth-order valence-electron chi connectivity index (χ4n) is 3.49. The molecule has 0 spiro atoms. The molecular weight excluding hydrogens is 405 g/mol. The van der Waals surface area contributed by atoms with Crippen molar-refractivity contribution < 1.29 is 8.42 Å². The molecule has 1 N–H and O–H groups in total. The Balaban J connectivity index is 1.89. The van der Waals surface area contributed by atoms with Crippen LogP contribution < -0.4 is 10.2 Å². The number of rotatable bonds is 3. The van der Waals surface area contributed by atoms with Gasteiger partial charge < -0.3 is 14.8 Å². The van der Waals surface area contributed by atoms with Crippen LogP contribution in [0.1, 0.15) is 0 Å². The van der Waals surface area contributed by atoms with Crippen molar-refractivity contribution in [2.75, 3.05) is 31.1 Å². The minimum atomic E-state index is -3.81. The lowest BCUT2D eigenvalue weighted by Crippen LogP contribution is -2.43. The van der Waals surface area contributed by atoms with E-state index >= 15 is 0 Å². The minimum absolute atomic E-state index is 0.0248. The van der Waals surface area contributed by atoms with Crippen molar-refractivity contribution in [1.82, 2.24) is 9.88 Å². The number of piperazine rings is 1. The second-order valence-corrected chi connectivity index (χ2v) is 9.27. The number of sulfone groups is 1. The average Bonchev–Trinajstić information content (AvgIpc) is 3.01. The van der Waals surface area contributed by atoms with Gasteiger partial charge in [0.2, 0.25) is 9.84 Å². The quantitative estimate of drug-likeness (QED) is 0.696. The van der Waals surface area contributed by atoms with E-state index in [-0.39, 0.29) is 19.8 Å². The molecule has 0 bridgehead atoms. The van der Waals surface area contributed by atoms with Crippen molar-refractivity contribution in [1.29, 1.82) is 0 Å². The predicted octanol–water partition coefficient (Wildman–Crippen LogP) is 3.73. The molecule has 142 valence electrons. The number of hydrogen-bond donors (Lipinski definition) is 1. The highest BCUT2D eigenvalue weighted by atomic mass is 35.5. The van der Waals surface area contributed by atoms with Crippen molar-refractivity contribution in [2.45, 2.75) is 9.79 Å². The lowest BCUT2D eigenvalue weighted by Gasteiger charge is -2.29. The summed E-state index contributed by atoms with van der Waals surface area (Å²) in [5.74, 6) is 0. The number of halogens is 2. The maximum atomic E-state index is 13.3. The number of anilines is 1. The number of benzene rings is 2. The second kappa shape index (κ2) is 7.02.